The molecule has 3 aromatic rings. The topological polar surface area (TPSA) is 68.2 Å². The van der Waals surface area contributed by atoms with Crippen molar-refractivity contribution in [1.82, 2.24) is 0 Å². The van der Waals surface area contributed by atoms with Crippen molar-refractivity contribution in [2.24, 2.45) is 0 Å². The van der Waals surface area contributed by atoms with E-state index < -0.39 is 29.9 Å². The van der Waals surface area contributed by atoms with Crippen molar-refractivity contribution in [2.45, 2.75) is 48.0 Å². The van der Waals surface area contributed by atoms with Crippen molar-refractivity contribution in [3.8, 4) is 0 Å². The molecule has 0 amide bonds. The monoisotopic (exact) mass is 452 g/mol. The van der Waals surface area contributed by atoms with Crippen molar-refractivity contribution in [1.29, 1.82) is 0 Å². The SMILES string of the molecule is OCC1O[C@@H](Sc2ccccc2)C(OCc2ccccc2)C(O)[C@@H]1OCc1ccccc1. The van der Waals surface area contributed by atoms with E-state index in [2.05, 4.69) is 0 Å². The molecular formula is C26H28O5S. The van der Waals surface area contributed by atoms with Gasteiger partial charge in [0.15, 0.2) is 0 Å². The maximum atomic E-state index is 11.3. The summed E-state index contributed by atoms with van der Waals surface area (Å²) in [4.78, 5) is 0.998. The highest BCUT2D eigenvalue weighted by atomic mass is 32.2. The molecule has 168 valence electrons. The Morgan fingerprint density at radius 2 is 1.22 bits per heavy atom. The van der Waals surface area contributed by atoms with E-state index in [1.54, 1.807) is 0 Å². The summed E-state index contributed by atoms with van der Waals surface area (Å²) in [7, 11) is 0. The molecule has 5 atom stereocenters. The van der Waals surface area contributed by atoms with Gasteiger partial charge in [-0.1, -0.05) is 90.6 Å². The van der Waals surface area contributed by atoms with Gasteiger partial charge in [0.05, 0.1) is 19.8 Å². The minimum absolute atomic E-state index is 0.256. The molecule has 0 aromatic heterocycles. The average molecular weight is 453 g/mol. The summed E-state index contributed by atoms with van der Waals surface area (Å²) in [5, 5.41) is 21.3. The second-order valence-electron chi connectivity index (χ2n) is 7.67. The molecule has 0 saturated carbocycles. The molecule has 1 aliphatic heterocycles. The van der Waals surface area contributed by atoms with E-state index in [0.717, 1.165) is 16.0 Å². The third-order valence-electron chi connectivity index (χ3n) is 5.36. The summed E-state index contributed by atoms with van der Waals surface area (Å²) < 4.78 is 18.4. The number of thioether (sulfide) groups is 1. The highest BCUT2D eigenvalue weighted by Gasteiger charge is 2.46. The first-order chi connectivity index (χ1) is 15.7. The van der Waals surface area contributed by atoms with Gasteiger partial charge in [-0.2, -0.15) is 0 Å². The fourth-order valence-corrected chi connectivity index (χ4v) is 4.84. The summed E-state index contributed by atoms with van der Waals surface area (Å²) in [6.07, 6.45) is -2.97. The van der Waals surface area contributed by atoms with Gasteiger partial charge in [-0.25, -0.2) is 0 Å². The Morgan fingerprint density at radius 1 is 0.719 bits per heavy atom. The number of aliphatic hydroxyl groups excluding tert-OH is 2. The van der Waals surface area contributed by atoms with Gasteiger partial charge in [0, 0.05) is 4.90 Å². The fourth-order valence-electron chi connectivity index (χ4n) is 3.69. The van der Waals surface area contributed by atoms with Crippen molar-refractivity contribution in [2.75, 3.05) is 6.61 Å². The van der Waals surface area contributed by atoms with Crippen LogP contribution in [0.25, 0.3) is 0 Å². The Balaban J connectivity index is 1.51. The fraction of sp³-hybridized carbons (Fsp3) is 0.308. The number of hydrogen-bond donors (Lipinski definition) is 2. The Hall–Kier alpha value is -2.19. The van der Waals surface area contributed by atoms with Crippen LogP contribution in [0, 0.1) is 0 Å². The highest BCUT2D eigenvalue weighted by Crippen LogP contribution is 2.36. The minimum Gasteiger partial charge on any atom is -0.394 e. The van der Waals surface area contributed by atoms with Crippen LogP contribution in [0.2, 0.25) is 0 Å². The van der Waals surface area contributed by atoms with E-state index in [1.165, 1.54) is 11.8 Å². The van der Waals surface area contributed by atoms with Gasteiger partial charge in [0.2, 0.25) is 0 Å². The Labute approximate surface area is 193 Å². The summed E-state index contributed by atoms with van der Waals surface area (Å²) >= 11 is 1.47. The van der Waals surface area contributed by atoms with Crippen LogP contribution in [0.3, 0.4) is 0 Å². The van der Waals surface area contributed by atoms with Gasteiger partial charge in [-0.15, -0.1) is 0 Å². The molecule has 1 heterocycles. The summed E-state index contributed by atoms with van der Waals surface area (Å²) in [5.41, 5.74) is 1.50. The zero-order chi connectivity index (χ0) is 22.2. The number of hydrogen-bond acceptors (Lipinski definition) is 6. The number of aliphatic hydroxyl groups is 2. The minimum atomic E-state index is -0.963. The molecule has 2 N–H and O–H groups in total. The molecular weight excluding hydrogens is 424 g/mol. The molecule has 4 rings (SSSR count). The predicted molar refractivity (Wildman–Crippen MR) is 124 cm³/mol. The van der Waals surface area contributed by atoms with E-state index in [4.69, 9.17) is 14.2 Å². The molecule has 0 radical (unpaired) electrons. The second kappa shape index (κ2) is 11.6. The zero-order valence-electron chi connectivity index (χ0n) is 17.7. The number of benzene rings is 3. The predicted octanol–water partition coefficient (Wildman–Crippen LogP) is 4.03. The molecule has 0 spiro atoms. The molecule has 0 aliphatic carbocycles. The van der Waals surface area contributed by atoms with Gasteiger partial charge in [0.25, 0.3) is 0 Å². The van der Waals surface area contributed by atoms with E-state index in [-0.39, 0.29) is 6.61 Å². The summed E-state index contributed by atoms with van der Waals surface area (Å²) in [5.74, 6) is 0. The van der Waals surface area contributed by atoms with E-state index in [1.807, 2.05) is 91.0 Å². The molecule has 3 aromatic carbocycles. The molecule has 32 heavy (non-hydrogen) atoms. The van der Waals surface area contributed by atoms with Gasteiger partial charge >= 0.3 is 0 Å². The maximum Gasteiger partial charge on any atom is 0.137 e. The molecule has 1 aliphatic rings. The van der Waals surface area contributed by atoms with Crippen molar-refractivity contribution in [3.63, 3.8) is 0 Å². The normalized spacial score (nSPS) is 25.5. The first-order valence-electron chi connectivity index (χ1n) is 10.7. The van der Waals surface area contributed by atoms with Gasteiger partial charge < -0.3 is 24.4 Å². The molecule has 0 bridgehead atoms. The first kappa shape index (κ1) is 23.0. The largest absolute Gasteiger partial charge is 0.394 e. The van der Waals surface area contributed by atoms with Crippen LogP contribution >= 0.6 is 11.8 Å². The van der Waals surface area contributed by atoms with E-state index in [9.17, 15) is 10.2 Å². The van der Waals surface area contributed by atoms with Crippen LogP contribution in [0.1, 0.15) is 11.1 Å². The van der Waals surface area contributed by atoms with Crippen LogP contribution in [-0.4, -0.2) is 46.7 Å². The quantitative estimate of drug-likeness (QED) is 0.511. The van der Waals surface area contributed by atoms with E-state index in [0.29, 0.717) is 13.2 Å². The zero-order valence-corrected chi connectivity index (χ0v) is 18.5. The van der Waals surface area contributed by atoms with Crippen LogP contribution in [-0.2, 0) is 27.4 Å². The van der Waals surface area contributed by atoms with Gasteiger partial charge in [0.1, 0.15) is 29.9 Å². The average Bonchev–Trinajstić information content (AvgIpc) is 2.85. The standard InChI is InChI=1S/C26H28O5S/c27-16-22-24(29-17-19-10-4-1-5-11-19)23(28)25(30-18-20-12-6-2-7-13-20)26(31-22)32-21-14-8-3-9-15-21/h1-15,22-28H,16-18H2/t22?,23?,24-,25?,26+/m1/s1. The first-order valence-corrected chi connectivity index (χ1v) is 11.6. The Morgan fingerprint density at radius 3 is 1.75 bits per heavy atom. The molecule has 5 nitrogen and oxygen atoms in total. The van der Waals surface area contributed by atoms with Crippen LogP contribution < -0.4 is 0 Å². The third kappa shape index (κ3) is 5.98. The summed E-state index contributed by atoms with van der Waals surface area (Å²) in [6.45, 7) is 0.394. The summed E-state index contributed by atoms with van der Waals surface area (Å²) in [6, 6.07) is 29.4. The lowest BCUT2D eigenvalue weighted by Gasteiger charge is -2.43. The maximum absolute atomic E-state index is 11.3. The van der Waals surface area contributed by atoms with Crippen molar-refractivity contribution in [3.05, 3.63) is 102 Å². The Kier molecular flexibility index (Phi) is 8.34. The van der Waals surface area contributed by atoms with Crippen LogP contribution in [0.4, 0.5) is 0 Å². The molecule has 6 heteroatoms. The lowest BCUT2D eigenvalue weighted by atomic mass is 9.99. The van der Waals surface area contributed by atoms with Crippen molar-refractivity contribution >= 4 is 11.8 Å². The van der Waals surface area contributed by atoms with Crippen LogP contribution in [0.5, 0.6) is 0 Å². The molecule has 1 fully saturated rings. The second-order valence-corrected chi connectivity index (χ2v) is 8.84. The lowest BCUT2D eigenvalue weighted by Crippen LogP contribution is -2.59. The number of ether oxygens (including phenoxy) is 3. The molecule has 3 unspecified atom stereocenters. The number of rotatable bonds is 9. The highest BCUT2D eigenvalue weighted by molar-refractivity contribution is 7.99. The molecule has 1 saturated heterocycles. The Bertz CT molecular complexity index is 925. The van der Waals surface area contributed by atoms with Crippen molar-refractivity contribution < 1.29 is 24.4 Å². The van der Waals surface area contributed by atoms with Crippen LogP contribution in [0.15, 0.2) is 95.9 Å². The third-order valence-corrected chi connectivity index (χ3v) is 6.52. The van der Waals surface area contributed by atoms with Gasteiger partial charge in [-0.3, -0.25) is 0 Å². The lowest BCUT2D eigenvalue weighted by molar-refractivity contribution is -0.237. The van der Waals surface area contributed by atoms with E-state index >= 15 is 0 Å². The smallest absolute Gasteiger partial charge is 0.137 e. The van der Waals surface area contributed by atoms with Gasteiger partial charge in [-0.05, 0) is 23.3 Å².